The van der Waals surface area contributed by atoms with Crippen LogP contribution < -0.4 is 4.90 Å². The van der Waals surface area contributed by atoms with Crippen LogP contribution in [0.2, 0.25) is 0 Å². The molecular weight excluding hydrogens is 639 g/mol. The van der Waals surface area contributed by atoms with Gasteiger partial charge < -0.3 is 4.90 Å². The fraction of sp³-hybridized carbons (Fsp3) is 0.0385. The van der Waals surface area contributed by atoms with Gasteiger partial charge in [0.25, 0.3) is 0 Å². The Labute approximate surface area is 310 Å². The molecule has 3 aliphatic rings. The zero-order valence-corrected chi connectivity index (χ0v) is 29.2. The maximum atomic E-state index is 2.51. The van der Waals surface area contributed by atoms with E-state index in [1.807, 2.05) is 0 Å². The molecule has 3 aliphatic carbocycles. The van der Waals surface area contributed by atoms with E-state index in [0.717, 1.165) is 17.1 Å². The molecule has 0 aromatic heterocycles. The highest BCUT2D eigenvalue weighted by molar-refractivity contribution is 5.90. The first-order chi connectivity index (χ1) is 26.3. The third-order valence-corrected chi connectivity index (χ3v) is 11.9. The predicted octanol–water partition coefficient (Wildman–Crippen LogP) is 12.9. The summed E-state index contributed by atoms with van der Waals surface area (Å²) in [5, 5.41) is 5.01. The molecule has 248 valence electrons. The monoisotopic (exact) mass is 673 g/mol. The van der Waals surface area contributed by atoms with Gasteiger partial charge in [-0.2, -0.15) is 0 Å². The number of hydrogen-bond acceptors (Lipinski definition) is 1. The molecule has 12 rings (SSSR count). The molecule has 0 unspecified atom stereocenters. The first-order valence-electron chi connectivity index (χ1n) is 18.5. The maximum Gasteiger partial charge on any atom is 0.0712 e. The molecule has 0 saturated heterocycles. The van der Waals surface area contributed by atoms with Crippen molar-refractivity contribution in [2.45, 2.75) is 10.8 Å². The molecule has 0 radical (unpaired) electrons. The van der Waals surface area contributed by atoms with E-state index in [9.17, 15) is 0 Å². The highest BCUT2D eigenvalue weighted by Gasteiger charge is 2.60. The van der Waals surface area contributed by atoms with Crippen molar-refractivity contribution in [3.8, 4) is 0 Å². The van der Waals surface area contributed by atoms with Gasteiger partial charge in [-0.1, -0.05) is 164 Å². The second kappa shape index (κ2) is 11.4. The van der Waals surface area contributed by atoms with Crippen LogP contribution in [0.25, 0.3) is 21.5 Å². The van der Waals surface area contributed by atoms with Crippen LogP contribution in [0, 0.1) is 0 Å². The lowest BCUT2D eigenvalue weighted by molar-refractivity contribution is 0.558. The summed E-state index contributed by atoms with van der Waals surface area (Å²) >= 11 is 0. The number of hydrogen-bond donors (Lipinski definition) is 0. The molecule has 0 N–H and O–H groups in total. The number of nitrogens with zero attached hydrogens (tertiary/aromatic N) is 1. The van der Waals surface area contributed by atoms with Gasteiger partial charge in [0.1, 0.15) is 0 Å². The lowest BCUT2D eigenvalue weighted by Gasteiger charge is -2.57. The van der Waals surface area contributed by atoms with Crippen LogP contribution in [-0.2, 0) is 10.8 Å². The number of para-hydroxylation sites is 2. The molecule has 1 heteroatoms. The number of benzene rings is 9. The van der Waals surface area contributed by atoms with Crippen LogP contribution in [-0.4, -0.2) is 0 Å². The third-order valence-electron chi connectivity index (χ3n) is 11.9. The van der Waals surface area contributed by atoms with Crippen molar-refractivity contribution in [2.24, 2.45) is 0 Å². The number of rotatable bonds is 5. The van der Waals surface area contributed by atoms with Gasteiger partial charge in [-0.05, 0) is 115 Å². The Kier molecular flexibility index (Phi) is 6.45. The number of fused-ring (bicyclic) bond motifs is 2. The average Bonchev–Trinajstić information content (AvgIpc) is 3.24. The van der Waals surface area contributed by atoms with Crippen LogP contribution >= 0.6 is 0 Å². The van der Waals surface area contributed by atoms with E-state index < -0.39 is 10.8 Å². The molecule has 0 fully saturated rings. The lowest BCUT2D eigenvalue weighted by Crippen LogP contribution is -2.52. The van der Waals surface area contributed by atoms with E-state index >= 15 is 0 Å². The van der Waals surface area contributed by atoms with Gasteiger partial charge in [-0.15, -0.1) is 0 Å². The third kappa shape index (κ3) is 4.08. The Bertz CT molecular complexity index is 2760. The summed E-state index contributed by atoms with van der Waals surface area (Å²) in [5.41, 5.74) is 13.0. The van der Waals surface area contributed by atoms with E-state index in [2.05, 4.69) is 217 Å². The van der Waals surface area contributed by atoms with Crippen molar-refractivity contribution in [3.63, 3.8) is 0 Å². The smallest absolute Gasteiger partial charge is 0.0712 e. The van der Waals surface area contributed by atoms with Gasteiger partial charge in [-0.3, -0.25) is 0 Å². The zero-order chi connectivity index (χ0) is 35.0. The minimum absolute atomic E-state index is 0.520. The fourth-order valence-electron chi connectivity index (χ4n) is 9.83. The zero-order valence-electron chi connectivity index (χ0n) is 29.2. The van der Waals surface area contributed by atoms with E-state index in [0.29, 0.717) is 0 Å². The Morgan fingerprint density at radius 3 is 1.09 bits per heavy atom. The standard InChI is InChI=1S/C52H35N/c1-3-19-42(20-4-1)53(43-21-5-2-6-22-43)44-31-32-49-50(35-44)52(41-30-28-37-16-8-10-18-39(37)34-41)47-25-13-11-23-45(47)51(49,46-24-12-14-26-48(46)52)40-29-27-36-15-7-9-17-38(36)33-40/h1-35H. The van der Waals surface area contributed by atoms with Crippen LogP contribution in [0.5, 0.6) is 0 Å². The molecule has 9 aromatic rings. The summed E-state index contributed by atoms with van der Waals surface area (Å²) in [4.78, 5) is 2.40. The van der Waals surface area contributed by atoms with Crippen LogP contribution in [0.3, 0.4) is 0 Å². The van der Waals surface area contributed by atoms with Crippen molar-refractivity contribution >= 4 is 38.6 Å². The van der Waals surface area contributed by atoms with Gasteiger partial charge >= 0.3 is 0 Å². The molecule has 0 amide bonds. The second-order valence-electron chi connectivity index (χ2n) is 14.5. The highest BCUT2D eigenvalue weighted by atomic mass is 15.1. The summed E-state index contributed by atoms with van der Waals surface area (Å²) in [6.07, 6.45) is 0. The van der Waals surface area contributed by atoms with Gasteiger partial charge in [0.2, 0.25) is 0 Å². The van der Waals surface area contributed by atoms with Gasteiger partial charge in [0.05, 0.1) is 10.8 Å². The molecule has 1 nitrogen and oxygen atoms in total. The van der Waals surface area contributed by atoms with Gasteiger partial charge in [-0.25, -0.2) is 0 Å². The second-order valence-corrected chi connectivity index (χ2v) is 14.5. The topological polar surface area (TPSA) is 3.24 Å². The van der Waals surface area contributed by atoms with Crippen molar-refractivity contribution in [2.75, 3.05) is 4.90 Å². The van der Waals surface area contributed by atoms with E-state index in [1.54, 1.807) is 0 Å². The molecule has 0 heterocycles. The van der Waals surface area contributed by atoms with Crippen molar-refractivity contribution in [1.29, 1.82) is 0 Å². The first-order valence-corrected chi connectivity index (χ1v) is 18.5. The van der Waals surface area contributed by atoms with E-state index in [4.69, 9.17) is 0 Å². The van der Waals surface area contributed by atoms with Crippen LogP contribution in [0.4, 0.5) is 17.1 Å². The quantitative estimate of drug-likeness (QED) is 0.176. The summed E-state index contributed by atoms with van der Waals surface area (Å²) in [6, 6.07) is 79.1. The highest BCUT2D eigenvalue weighted by Crippen LogP contribution is 2.66. The minimum atomic E-state index is -0.555. The average molecular weight is 674 g/mol. The van der Waals surface area contributed by atoms with E-state index in [-0.39, 0.29) is 0 Å². The molecule has 0 atom stereocenters. The molecule has 53 heavy (non-hydrogen) atoms. The van der Waals surface area contributed by atoms with Crippen LogP contribution in [0.15, 0.2) is 212 Å². The largest absolute Gasteiger partial charge is 0.310 e. The molecule has 0 aliphatic heterocycles. The molecule has 2 bridgehead atoms. The van der Waals surface area contributed by atoms with E-state index in [1.165, 1.54) is 66.1 Å². The Hall–Kier alpha value is -6.70. The van der Waals surface area contributed by atoms with Crippen molar-refractivity contribution in [1.82, 2.24) is 0 Å². The normalized spacial score (nSPS) is 18.0. The predicted molar refractivity (Wildman–Crippen MR) is 220 cm³/mol. The Morgan fingerprint density at radius 1 is 0.245 bits per heavy atom. The van der Waals surface area contributed by atoms with Crippen molar-refractivity contribution < 1.29 is 0 Å². The van der Waals surface area contributed by atoms with Gasteiger partial charge in [0, 0.05) is 17.1 Å². The van der Waals surface area contributed by atoms with Crippen LogP contribution in [0.1, 0.15) is 44.5 Å². The molecule has 0 saturated carbocycles. The Balaban J connectivity index is 1.30. The summed E-state index contributed by atoms with van der Waals surface area (Å²) in [6.45, 7) is 0. The Morgan fingerprint density at radius 2 is 0.623 bits per heavy atom. The molecule has 9 aromatic carbocycles. The summed E-state index contributed by atoms with van der Waals surface area (Å²) in [7, 11) is 0. The fourth-order valence-corrected chi connectivity index (χ4v) is 9.83. The van der Waals surface area contributed by atoms with Gasteiger partial charge in [0.15, 0.2) is 0 Å². The first kappa shape index (κ1) is 30.0. The number of anilines is 3. The van der Waals surface area contributed by atoms with Crippen molar-refractivity contribution in [3.05, 3.63) is 257 Å². The molecule has 0 spiro atoms. The lowest BCUT2D eigenvalue weighted by atomic mass is 9.44. The SMILES string of the molecule is c1ccc(N(c2ccccc2)c2ccc3c(c2)C2(c4ccc5ccccc5c4)c4ccccc4C3(c3ccc4ccccc4c3)c3ccccc32)cc1. The maximum absolute atomic E-state index is 2.51. The summed E-state index contributed by atoms with van der Waals surface area (Å²) < 4.78 is 0. The summed E-state index contributed by atoms with van der Waals surface area (Å²) in [5.74, 6) is 0. The minimum Gasteiger partial charge on any atom is -0.310 e. The molecular formula is C52H35N.